The molecule has 1 fully saturated rings. The van der Waals surface area contributed by atoms with E-state index in [9.17, 15) is 26.4 Å². The molecule has 1 heterocycles. The highest BCUT2D eigenvalue weighted by molar-refractivity contribution is 7.91. The third-order valence-corrected chi connectivity index (χ3v) is 8.90. The topological polar surface area (TPSA) is 124 Å². The van der Waals surface area contributed by atoms with Crippen LogP contribution < -0.4 is 9.80 Å². The molecule has 0 aromatic heterocycles. The zero-order valence-corrected chi connectivity index (χ0v) is 25.7. The third kappa shape index (κ3) is 6.21. The van der Waals surface area contributed by atoms with Crippen LogP contribution in [0.3, 0.4) is 0 Å². The fraction of sp³-hybridized carbons (Fsp3) is 0.192. The number of nitrogens with zero attached hydrogens (tertiary/aromatic N) is 4. The van der Waals surface area contributed by atoms with Gasteiger partial charge < -0.3 is 4.90 Å². The van der Waals surface area contributed by atoms with Crippen LogP contribution in [0.4, 0.5) is 21.9 Å². The molecule has 1 unspecified atom stereocenters. The maximum absolute atomic E-state index is 13.3. The first kappa shape index (κ1) is 30.8. The van der Waals surface area contributed by atoms with Crippen LogP contribution in [0.1, 0.15) is 0 Å². The summed E-state index contributed by atoms with van der Waals surface area (Å²) in [4.78, 5) is 33.4. The predicted octanol–water partition coefficient (Wildman–Crippen LogP) is 4.83. The number of aliphatic imine (C=N–C) groups is 1. The summed E-state index contributed by atoms with van der Waals surface area (Å²) in [5.74, 6) is -1.26. The molecule has 1 aliphatic heterocycles. The Bertz CT molecular complexity index is 1690. The van der Waals surface area contributed by atoms with Crippen LogP contribution in [0.2, 0.25) is 0 Å². The quantitative estimate of drug-likeness (QED) is 0.263. The normalized spacial score (nSPS) is 16.4. The summed E-state index contributed by atoms with van der Waals surface area (Å²) >= 11 is 19.4. The molecule has 10 nitrogen and oxygen atoms in total. The van der Waals surface area contributed by atoms with Gasteiger partial charge in [0.05, 0.1) is 26.9 Å². The number of para-hydroxylation sites is 3. The third-order valence-electron chi connectivity index (χ3n) is 6.03. The molecule has 15 heteroatoms. The molecule has 3 aromatic carbocycles. The second kappa shape index (κ2) is 11.3. The summed E-state index contributed by atoms with van der Waals surface area (Å²) in [6.07, 6.45) is 0.171. The van der Waals surface area contributed by atoms with E-state index >= 15 is 0 Å². The lowest BCUT2D eigenvalue weighted by Crippen LogP contribution is -2.44. The minimum absolute atomic E-state index is 0.0804. The first-order valence-corrected chi connectivity index (χ1v) is 16.6. The van der Waals surface area contributed by atoms with E-state index in [0.717, 1.165) is 27.2 Å². The summed E-state index contributed by atoms with van der Waals surface area (Å²) in [7, 11) is -6.61. The lowest BCUT2D eigenvalue weighted by molar-refractivity contribution is -0.119. The largest absolute Gasteiger partial charge is 0.337 e. The van der Waals surface area contributed by atoms with Gasteiger partial charge in [0.1, 0.15) is 0 Å². The zero-order valence-electron chi connectivity index (χ0n) is 21.8. The van der Waals surface area contributed by atoms with Gasteiger partial charge in [0.25, 0.3) is 5.91 Å². The standard InChI is InChI=1S/C26H23Cl3N4O6S2/c1-31-23(34)22(32(25(31)35)17-11-5-4-6-12-17)30-24(26(27,28)29)33(18-13-7-9-15-20(18)40(2,36)37)19-14-8-10-16-21(19)41(3,38)39/h4-16,24H,1-3H3. The van der Waals surface area contributed by atoms with E-state index in [0.29, 0.717) is 0 Å². The van der Waals surface area contributed by atoms with Gasteiger partial charge in [-0.15, -0.1) is 0 Å². The van der Waals surface area contributed by atoms with Gasteiger partial charge in [-0.1, -0.05) is 77.3 Å². The smallest absolute Gasteiger partial charge is 0.312 e. The molecule has 0 spiro atoms. The Morgan fingerprint density at radius 3 is 1.63 bits per heavy atom. The minimum Gasteiger partial charge on any atom is -0.312 e. The fourth-order valence-electron chi connectivity index (χ4n) is 4.22. The average Bonchev–Trinajstić information content (AvgIpc) is 3.11. The number of amidine groups is 1. The van der Waals surface area contributed by atoms with E-state index in [1.54, 1.807) is 30.3 Å². The molecule has 0 saturated carbocycles. The van der Waals surface area contributed by atoms with Gasteiger partial charge in [-0.05, 0) is 36.4 Å². The summed E-state index contributed by atoms with van der Waals surface area (Å²) in [6.45, 7) is 0. The molecular formula is C26H23Cl3N4O6S2. The summed E-state index contributed by atoms with van der Waals surface area (Å²) in [5.41, 5.74) is 0.128. The van der Waals surface area contributed by atoms with Gasteiger partial charge in [0.2, 0.25) is 9.63 Å². The summed E-state index contributed by atoms with van der Waals surface area (Å²) in [5, 5.41) is 0. The number of sulfone groups is 2. The second-order valence-electron chi connectivity index (χ2n) is 9.04. The number of benzene rings is 3. The van der Waals surface area contributed by atoms with Crippen LogP contribution >= 0.6 is 34.8 Å². The number of rotatable bonds is 7. The van der Waals surface area contributed by atoms with E-state index in [1.165, 1.54) is 55.6 Å². The number of urea groups is 1. The molecule has 1 aliphatic rings. The van der Waals surface area contributed by atoms with Crippen molar-refractivity contribution in [1.82, 2.24) is 4.90 Å². The molecule has 0 bridgehead atoms. The van der Waals surface area contributed by atoms with Crippen LogP contribution in [-0.4, -0.2) is 69.0 Å². The lowest BCUT2D eigenvalue weighted by Gasteiger charge is -2.37. The van der Waals surface area contributed by atoms with E-state index < -0.39 is 47.4 Å². The van der Waals surface area contributed by atoms with Crippen LogP contribution in [0.15, 0.2) is 93.6 Å². The Balaban J connectivity index is 2.10. The second-order valence-corrected chi connectivity index (χ2v) is 15.4. The van der Waals surface area contributed by atoms with Crippen molar-refractivity contribution >= 4 is 89.3 Å². The molecule has 3 amide bonds. The average molecular weight is 658 g/mol. The number of imide groups is 1. The Morgan fingerprint density at radius 2 is 1.20 bits per heavy atom. The first-order chi connectivity index (χ1) is 19.0. The van der Waals surface area contributed by atoms with Crippen molar-refractivity contribution in [3.63, 3.8) is 0 Å². The van der Waals surface area contributed by atoms with E-state index in [2.05, 4.69) is 4.99 Å². The number of carbonyl (C=O) groups is 2. The van der Waals surface area contributed by atoms with E-state index in [1.807, 2.05) is 0 Å². The monoisotopic (exact) mass is 656 g/mol. The van der Waals surface area contributed by atoms with Crippen molar-refractivity contribution in [2.75, 3.05) is 29.4 Å². The number of alkyl halides is 3. The number of carbonyl (C=O) groups excluding carboxylic acids is 2. The number of anilines is 3. The van der Waals surface area contributed by atoms with Gasteiger partial charge in [-0.2, -0.15) is 0 Å². The molecule has 1 saturated heterocycles. The molecule has 0 aliphatic carbocycles. The molecule has 4 rings (SSSR count). The number of likely N-dealkylation sites (N-methyl/N-ethyl adjacent to an activating group) is 1. The molecule has 216 valence electrons. The van der Waals surface area contributed by atoms with E-state index in [4.69, 9.17) is 34.8 Å². The Kier molecular flexibility index (Phi) is 8.45. The highest BCUT2D eigenvalue weighted by atomic mass is 35.6. The number of halogens is 3. The van der Waals surface area contributed by atoms with Gasteiger partial charge in [-0.3, -0.25) is 9.69 Å². The van der Waals surface area contributed by atoms with Gasteiger partial charge in [-0.25, -0.2) is 31.5 Å². The lowest BCUT2D eigenvalue weighted by atomic mass is 10.2. The number of amides is 3. The molecular weight excluding hydrogens is 635 g/mol. The molecule has 0 N–H and O–H groups in total. The summed E-state index contributed by atoms with van der Waals surface area (Å²) in [6, 6.07) is 18.8. The van der Waals surface area contributed by atoms with Crippen molar-refractivity contribution in [3.05, 3.63) is 78.9 Å². The van der Waals surface area contributed by atoms with Crippen LogP contribution in [0.25, 0.3) is 0 Å². The highest BCUT2D eigenvalue weighted by Gasteiger charge is 2.46. The Labute approximate surface area is 252 Å². The number of hydrogen-bond donors (Lipinski definition) is 0. The minimum atomic E-state index is -3.93. The maximum Gasteiger partial charge on any atom is 0.337 e. The summed E-state index contributed by atoms with van der Waals surface area (Å²) < 4.78 is 49.1. The fourth-order valence-corrected chi connectivity index (χ4v) is 6.40. The van der Waals surface area contributed by atoms with Crippen molar-refractivity contribution < 1.29 is 26.4 Å². The highest BCUT2D eigenvalue weighted by Crippen LogP contribution is 2.44. The maximum atomic E-state index is 13.3. The van der Waals surface area contributed by atoms with Crippen molar-refractivity contribution in [1.29, 1.82) is 0 Å². The molecule has 3 aromatic rings. The first-order valence-electron chi connectivity index (χ1n) is 11.7. The zero-order chi connectivity index (χ0) is 30.3. The molecule has 0 radical (unpaired) electrons. The van der Waals surface area contributed by atoms with Gasteiger partial charge in [0.15, 0.2) is 25.8 Å². The number of hydrogen-bond acceptors (Lipinski definition) is 8. The van der Waals surface area contributed by atoms with Gasteiger partial charge in [0, 0.05) is 19.6 Å². The van der Waals surface area contributed by atoms with E-state index in [-0.39, 0.29) is 26.9 Å². The Hall–Kier alpha value is -3.16. The van der Waals surface area contributed by atoms with Crippen LogP contribution in [0.5, 0.6) is 0 Å². The van der Waals surface area contributed by atoms with Crippen molar-refractivity contribution in [2.24, 2.45) is 4.99 Å². The van der Waals surface area contributed by atoms with Crippen LogP contribution in [0, 0.1) is 0 Å². The predicted molar refractivity (Wildman–Crippen MR) is 160 cm³/mol. The molecule has 41 heavy (non-hydrogen) atoms. The van der Waals surface area contributed by atoms with Crippen LogP contribution in [-0.2, 0) is 24.5 Å². The Morgan fingerprint density at radius 1 is 0.756 bits per heavy atom. The van der Waals surface area contributed by atoms with Crippen molar-refractivity contribution in [2.45, 2.75) is 19.7 Å². The van der Waals surface area contributed by atoms with Crippen molar-refractivity contribution in [3.8, 4) is 0 Å². The SMILES string of the molecule is CN1C(=O)C(=NC(N(c2ccccc2S(C)(=O)=O)c2ccccc2S(C)(=O)=O)C(Cl)(Cl)Cl)N(c2ccccc2)C1=O. The molecule has 1 atom stereocenters. The van der Waals surface area contributed by atoms with Gasteiger partial charge >= 0.3 is 6.03 Å².